The first-order valence-electron chi connectivity index (χ1n) is 12.1. The molecule has 0 unspecified atom stereocenters. The number of thiocarbonyl (C=S) groups is 1. The third kappa shape index (κ3) is 5.03. The average molecular weight is 526 g/mol. The van der Waals surface area contributed by atoms with Crippen molar-refractivity contribution in [2.24, 2.45) is 0 Å². The molecule has 0 radical (unpaired) electrons. The van der Waals surface area contributed by atoms with Crippen LogP contribution in [0.3, 0.4) is 0 Å². The molecule has 0 aliphatic rings. The van der Waals surface area contributed by atoms with Crippen LogP contribution in [-0.4, -0.2) is 30.2 Å². The van der Waals surface area contributed by atoms with E-state index in [4.69, 9.17) is 26.1 Å². The van der Waals surface area contributed by atoms with Crippen LogP contribution in [-0.2, 0) is 0 Å². The van der Waals surface area contributed by atoms with Gasteiger partial charge in [0, 0.05) is 5.56 Å². The first kappa shape index (κ1) is 25.2. The van der Waals surface area contributed by atoms with Gasteiger partial charge < -0.3 is 19.2 Å². The molecule has 4 aromatic carbocycles. The zero-order chi connectivity index (χ0) is 26.8. The number of aromatic nitrogens is 1. The molecule has 8 heteroatoms. The number of methoxy groups -OCH3 is 2. The quantitative estimate of drug-likeness (QED) is 0.233. The highest BCUT2D eigenvalue weighted by atomic mass is 32.1. The number of oxazole rings is 1. The third-order valence-electron chi connectivity index (χ3n) is 6.31. The highest BCUT2D eigenvalue weighted by molar-refractivity contribution is 7.80. The van der Waals surface area contributed by atoms with Gasteiger partial charge >= 0.3 is 0 Å². The number of ether oxygens (including phenoxy) is 2. The fourth-order valence-electron chi connectivity index (χ4n) is 4.26. The Morgan fingerprint density at radius 3 is 2.37 bits per heavy atom. The van der Waals surface area contributed by atoms with Crippen molar-refractivity contribution in [2.45, 2.75) is 19.8 Å². The summed E-state index contributed by atoms with van der Waals surface area (Å²) in [5.41, 5.74) is 4.37. The first-order chi connectivity index (χ1) is 18.4. The van der Waals surface area contributed by atoms with Gasteiger partial charge in [-0.3, -0.25) is 10.1 Å². The summed E-state index contributed by atoms with van der Waals surface area (Å²) in [5.74, 6) is 1.48. The smallest absolute Gasteiger partial charge is 0.261 e. The maximum Gasteiger partial charge on any atom is 0.261 e. The molecule has 1 heterocycles. The maximum atomic E-state index is 13.1. The van der Waals surface area contributed by atoms with Crippen molar-refractivity contribution in [2.75, 3.05) is 19.5 Å². The van der Waals surface area contributed by atoms with Crippen LogP contribution in [0.4, 0.5) is 5.69 Å². The summed E-state index contributed by atoms with van der Waals surface area (Å²) in [6, 6.07) is 22.9. The van der Waals surface area contributed by atoms with Crippen molar-refractivity contribution in [1.82, 2.24) is 10.3 Å². The van der Waals surface area contributed by atoms with E-state index in [-0.39, 0.29) is 11.0 Å². The van der Waals surface area contributed by atoms with Crippen molar-refractivity contribution in [3.05, 3.63) is 83.9 Å². The second-order valence-electron chi connectivity index (χ2n) is 9.12. The largest absolute Gasteiger partial charge is 0.496 e. The van der Waals surface area contributed by atoms with E-state index >= 15 is 0 Å². The monoisotopic (exact) mass is 525 g/mol. The topological polar surface area (TPSA) is 85.6 Å². The van der Waals surface area contributed by atoms with Gasteiger partial charge in [0.2, 0.25) is 5.89 Å². The Kier molecular flexibility index (Phi) is 6.98. The molecule has 0 aliphatic heterocycles. The summed E-state index contributed by atoms with van der Waals surface area (Å²) in [7, 11) is 3.10. The predicted octanol–water partition coefficient (Wildman–Crippen LogP) is 6.92. The highest BCUT2D eigenvalue weighted by Crippen LogP contribution is 2.33. The summed E-state index contributed by atoms with van der Waals surface area (Å²) < 4.78 is 17.0. The first-order valence-corrected chi connectivity index (χ1v) is 12.5. The van der Waals surface area contributed by atoms with Crippen molar-refractivity contribution < 1.29 is 18.7 Å². The van der Waals surface area contributed by atoms with Gasteiger partial charge in [-0.25, -0.2) is 4.98 Å². The normalized spacial score (nSPS) is 11.1. The number of nitrogens with zero attached hydrogens (tertiary/aromatic N) is 1. The number of amides is 1. The fraction of sp³-hybridized carbons (Fsp3) is 0.167. The molecule has 0 saturated carbocycles. The van der Waals surface area contributed by atoms with E-state index in [0.29, 0.717) is 40.1 Å². The Labute approximate surface area is 225 Å². The molecule has 38 heavy (non-hydrogen) atoms. The summed E-state index contributed by atoms with van der Waals surface area (Å²) in [6.07, 6.45) is 0. The standard InChI is InChI=1S/C30H27N3O4S/c1-17(2)18-9-12-26-24(14-18)31-29(37-26)21-10-11-25(35-3)23(15-21)32-30(38)33-28(34)22-13-19-7-5-6-8-20(19)16-27(22)36-4/h5-17H,1-4H3,(H2,32,33,34,38). The van der Waals surface area contributed by atoms with Crippen molar-refractivity contribution in [3.63, 3.8) is 0 Å². The van der Waals surface area contributed by atoms with Crippen LogP contribution in [0, 0.1) is 0 Å². The molecule has 1 amide bonds. The van der Waals surface area contributed by atoms with E-state index in [0.717, 1.165) is 21.9 Å². The second-order valence-corrected chi connectivity index (χ2v) is 9.53. The van der Waals surface area contributed by atoms with Crippen LogP contribution in [0.1, 0.15) is 35.7 Å². The van der Waals surface area contributed by atoms with Crippen LogP contribution >= 0.6 is 12.2 Å². The van der Waals surface area contributed by atoms with Gasteiger partial charge in [0.1, 0.15) is 17.0 Å². The van der Waals surface area contributed by atoms with Gasteiger partial charge in [-0.15, -0.1) is 0 Å². The molecule has 0 bridgehead atoms. The molecule has 0 saturated heterocycles. The van der Waals surface area contributed by atoms with Crippen LogP contribution in [0.2, 0.25) is 0 Å². The number of carbonyl (C=O) groups is 1. The molecule has 0 fully saturated rings. The van der Waals surface area contributed by atoms with E-state index in [1.807, 2.05) is 54.6 Å². The zero-order valence-electron chi connectivity index (χ0n) is 21.5. The van der Waals surface area contributed by atoms with Gasteiger partial charge in [0.05, 0.1) is 25.5 Å². The number of nitrogens with one attached hydrogen (secondary N) is 2. The zero-order valence-corrected chi connectivity index (χ0v) is 22.3. The summed E-state index contributed by atoms with van der Waals surface area (Å²) in [4.78, 5) is 17.8. The number of carbonyl (C=O) groups excluding carboxylic acids is 1. The number of anilines is 1. The number of hydrogen-bond donors (Lipinski definition) is 2. The van der Waals surface area contributed by atoms with Gasteiger partial charge in [0.25, 0.3) is 5.91 Å². The van der Waals surface area contributed by atoms with E-state index in [1.165, 1.54) is 12.7 Å². The summed E-state index contributed by atoms with van der Waals surface area (Å²) >= 11 is 5.47. The summed E-state index contributed by atoms with van der Waals surface area (Å²) in [5, 5.41) is 7.82. The van der Waals surface area contributed by atoms with Crippen LogP contribution < -0.4 is 20.1 Å². The Bertz CT molecular complexity index is 1680. The minimum Gasteiger partial charge on any atom is -0.496 e. The summed E-state index contributed by atoms with van der Waals surface area (Å²) in [6.45, 7) is 4.28. The number of rotatable bonds is 6. The lowest BCUT2D eigenvalue weighted by atomic mass is 10.0. The molecule has 0 atom stereocenters. The van der Waals surface area contributed by atoms with Crippen molar-refractivity contribution >= 4 is 50.8 Å². The van der Waals surface area contributed by atoms with Gasteiger partial charge in [0.15, 0.2) is 10.7 Å². The minimum absolute atomic E-state index is 0.111. The predicted molar refractivity (Wildman–Crippen MR) is 154 cm³/mol. The molecule has 192 valence electrons. The average Bonchev–Trinajstić information content (AvgIpc) is 3.35. The third-order valence-corrected chi connectivity index (χ3v) is 6.52. The number of fused-ring (bicyclic) bond motifs is 2. The molecular weight excluding hydrogens is 498 g/mol. The molecule has 2 N–H and O–H groups in total. The van der Waals surface area contributed by atoms with E-state index in [1.54, 1.807) is 19.2 Å². The molecule has 7 nitrogen and oxygen atoms in total. The Balaban J connectivity index is 1.39. The van der Waals surface area contributed by atoms with Gasteiger partial charge in [-0.1, -0.05) is 44.2 Å². The minimum atomic E-state index is -0.389. The van der Waals surface area contributed by atoms with Crippen LogP contribution in [0.5, 0.6) is 11.5 Å². The van der Waals surface area contributed by atoms with E-state index in [2.05, 4.69) is 35.5 Å². The van der Waals surface area contributed by atoms with Crippen molar-refractivity contribution in [3.8, 4) is 23.0 Å². The number of benzene rings is 4. The molecule has 5 aromatic rings. The Hall–Kier alpha value is -4.43. The molecule has 5 rings (SSSR count). The highest BCUT2D eigenvalue weighted by Gasteiger charge is 2.17. The molecular formula is C30H27N3O4S. The Morgan fingerprint density at radius 2 is 1.66 bits per heavy atom. The Morgan fingerprint density at radius 1 is 0.921 bits per heavy atom. The lowest BCUT2D eigenvalue weighted by Gasteiger charge is -2.15. The van der Waals surface area contributed by atoms with Gasteiger partial charge in [-0.05, 0) is 76.9 Å². The lowest BCUT2D eigenvalue weighted by Crippen LogP contribution is -2.34. The number of hydrogen-bond acceptors (Lipinski definition) is 6. The maximum absolute atomic E-state index is 13.1. The van der Waals surface area contributed by atoms with E-state index < -0.39 is 0 Å². The fourth-order valence-corrected chi connectivity index (χ4v) is 4.46. The second kappa shape index (κ2) is 10.5. The van der Waals surface area contributed by atoms with Gasteiger partial charge in [-0.2, -0.15) is 0 Å². The molecule has 0 spiro atoms. The molecule has 1 aromatic heterocycles. The molecule has 0 aliphatic carbocycles. The van der Waals surface area contributed by atoms with E-state index in [9.17, 15) is 4.79 Å². The lowest BCUT2D eigenvalue weighted by molar-refractivity contribution is 0.0975. The van der Waals surface area contributed by atoms with Crippen molar-refractivity contribution in [1.29, 1.82) is 0 Å². The van der Waals surface area contributed by atoms with Crippen LogP contribution in [0.25, 0.3) is 33.3 Å². The van der Waals surface area contributed by atoms with Crippen LogP contribution in [0.15, 0.2) is 77.2 Å². The SMILES string of the molecule is COc1ccc(-c2nc3cc(C(C)C)ccc3o2)cc1NC(=S)NC(=O)c1cc2ccccc2cc1OC.